The molecule has 0 saturated carbocycles. The monoisotopic (exact) mass is 379 g/mol. The fourth-order valence-corrected chi connectivity index (χ4v) is 4.22. The first-order valence-corrected chi connectivity index (χ1v) is 8.55. The quantitative estimate of drug-likeness (QED) is 0.800. The van der Waals surface area contributed by atoms with E-state index >= 15 is 0 Å². The molecule has 6 heteroatoms. The average molecular weight is 379 g/mol. The molecule has 4 nitrogen and oxygen atoms in total. The van der Waals surface area contributed by atoms with Crippen LogP contribution in [0, 0.1) is 16.4 Å². The van der Waals surface area contributed by atoms with Crippen molar-refractivity contribution in [2.24, 2.45) is 5.92 Å². The van der Waals surface area contributed by atoms with E-state index in [1.54, 1.807) is 0 Å². The Bertz CT molecular complexity index is 583. The fourth-order valence-electron chi connectivity index (χ4n) is 1.98. The third kappa shape index (κ3) is 3.03. The fraction of sp³-hybridized carbons (Fsp3) is 0.417. The van der Waals surface area contributed by atoms with Crippen LogP contribution in [0.4, 0.5) is 5.69 Å². The molecule has 0 bridgehead atoms. The number of nitrogens with one attached hydrogen (secondary N) is 1. The van der Waals surface area contributed by atoms with Gasteiger partial charge in [0, 0.05) is 9.26 Å². The highest BCUT2D eigenvalue weighted by Gasteiger charge is 2.33. The molecule has 1 atom stereocenters. The van der Waals surface area contributed by atoms with Crippen LogP contribution in [0.1, 0.15) is 12.0 Å². The van der Waals surface area contributed by atoms with Gasteiger partial charge in [0.15, 0.2) is 9.84 Å². The molecule has 1 aromatic rings. The number of rotatable bonds is 2. The van der Waals surface area contributed by atoms with Crippen molar-refractivity contribution in [3.63, 3.8) is 0 Å². The molecule has 1 N–H and O–H groups in total. The summed E-state index contributed by atoms with van der Waals surface area (Å²) in [5.74, 6) is -0.508. The largest absolute Gasteiger partial charge is 0.326 e. The third-order valence-electron chi connectivity index (χ3n) is 3.13. The third-order valence-corrected chi connectivity index (χ3v) is 6.07. The first kappa shape index (κ1) is 13.8. The van der Waals surface area contributed by atoms with E-state index in [-0.39, 0.29) is 17.4 Å². The van der Waals surface area contributed by atoms with Crippen LogP contribution in [0.25, 0.3) is 0 Å². The van der Waals surface area contributed by atoms with E-state index in [0.717, 1.165) is 14.8 Å². The van der Waals surface area contributed by atoms with Crippen LogP contribution in [0.15, 0.2) is 18.2 Å². The minimum absolute atomic E-state index is 0.0260. The Hall–Kier alpha value is -0.630. The van der Waals surface area contributed by atoms with Gasteiger partial charge in [-0.1, -0.05) is 6.07 Å². The molecule has 1 saturated heterocycles. The van der Waals surface area contributed by atoms with Crippen molar-refractivity contribution in [2.75, 3.05) is 16.8 Å². The van der Waals surface area contributed by atoms with E-state index in [1.807, 2.05) is 25.1 Å². The minimum atomic E-state index is -3.01. The van der Waals surface area contributed by atoms with Gasteiger partial charge >= 0.3 is 0 Å². The summed E-state index contributed by atoms with van der Waals surface area (Å²) in [5.41, 5.74) is 1.77. The summed E-state index contributed by atoms with van der Waals surface area (Å²) >= 11 is 2.20. The van der Waals surface area contributed by atoms with Crippen LogP contribution in [0.3, 0.4) is 0 Å². The molecule has 2 rings (SSSR count). The molecule has 98 valence electrons. The van der Waals surface area contributed by atoms with Crippen molar-refractivity contribution in [1.29, 1.82) is 0 Å². The van der Waals surface area contributed by atoms with Gasteiger partial charge in [0.25, 0.3) is 0 Å². The van der Waals surface area contributed by atoms with E-state index in [2.05, 4.69) is 27.9 Å². The number of sulfone groups is 1. The molecule has 0 aromatic heterocycles. The van der Waals surface area contributed by atoms with E-state index < -0.39 is 15.8 Å². The molecule has 1 aromatic carbocycles. The Balaban J connectivity index is 2.11. The second kappa shape index (κ2) is 5.16. The van der Waals surface area contributed by atoms with Crippen LogP contribution < -0.4 is 5.32 Å². The molecular formula is C12H14INO3S. The summed E-state index contributed by atoms with van der Waals surface area (Å²) < 4.78 is 23.7. The molecule has 1 fully saturated rings. The molecule has 1 aliphatic rings. The molecule has 1 unspecified atom stereocenters. The lowest BCUT2D eigenvalue weighted by atomic mass is 10.1. The van der Waals surface area contributed by atoms with Gasteiger partial charge < -0.3 is 5.32 Å². The first-order chi connectivity index (χ1) is 8.39. The number of halogens is 1. The molecule has 1 aliphatic heterocycles. The van der Waals surface area contributed by atoms with E-state index in [4.69, 9.17) is 0 Å². The summed E-state index contributed by atoms with van der Waals surface area (Å²) in [5, 5.41) is 2.82. The zero-order valence-electron chi connectivity index (χ0n) is 9.94. The Labute approximate surface area is 120 Å². The van der Waals surface area contributed by atoms with E-state index in [1.165, 1.54) is 0 Å². The van der Waals surface area contributed by atoms with E-state index in [9.17, 15) is 13.2 Å². The van der Waals surface area contributed by atoms with Gasteiger partial charge in [-0.2, -0.15) is 0 Å². The Morgan fingerprint density at radius 1 is 1.44 bits per heavy atom. The van der Waals surface area contributed by atoms with Gasteiger partial charge in [-0.05, 0) is 53.6 Å². The predicted molar refractivity (Wildman–Crippen MR) is 79.3 cm³/mol. The van der Waals surface area contributed by atoms with Crippen LogP contribution in [-0.4, -0.2) is 25.8 Å². The lowest BCUT2D eigenvalue weighted by Gasteiger charge is -2.12. The molecule has 0 radical (unpaired) electrons. The van der Waals surface area contributed by atoms with Gasteiger partial charge in [-0.3, -0.25) is 4.79 Å². The van der Waals surface area contributed by atoms with E-state index in [0.29, 0.717) is 6.42 Å². The normalized spacial score (nSPS) is 21.8. The van der Waals surface area contributed by atoms with Crippen molar-refractivity contribution < 1.29 is 13.2 Å². The number of hydrogen-bond donors (Lipinski definition) is 1. The average Bonchev–Trinajstić information content (AvgIpc) is 2.65. The van der Waals surface area contributed by atoms with Crippen molar-refractivity contribution in [2.45, 2.75) is 13.3 Å². The van der Waals surface area contributed by atoms with Gasteiger partial charge in [-0.15, -0.1) is 0 Å². The van der Waals surface area contributed by atoms with Gasteiger partial charge in [-0.25, -0.2) is 8.42 Å². The molecule has 1 amide bonds. The van der Waals surface area contributed by atoms with Crippen molar-refractivity contribution in [1.82, 2.24) is 0 Å². The molecule has 18 heavy (non-hydrogen) atoms. The Morgan fingerprint density at radius 3 is 2.78 bits per heavy atom. The second-order valence-electron chi connectivity index (χ2n) is 4.50. The zero-order valence-corrected chi connectivity index (χ0v) is 12.9. The number of carbonyl (C=O) groups is 1. The lowest BCUT2D eigenvalue weighted by molar-refractivity contribution is -0.119. The number of carbonyl (C=O) groups excluding carboxylic acids is 1. The van der Waals surface area contributed by atoms with Crippen LogP contribution in [-0.2, 0) is 14.6 Å². The van der Waals surface area contributed by atoms with Gasteiger partial charge in [0.2, 0.25) is 5.91 Å². The van der Waals surface area contributed by atoms with Gasteiger partial charge in [0.05, 0.1) is 17.4 Å². The Morgan fingerprint density at radius 2 is 2.17 bits per heavy atom. The summed E-state index contributed by atoms with van der Waals surface area (Å²) in [6, 6.07) is 5.67. The molecule has 1 heterocycles. The number of amides is 1. The first-order valence-electron chi connectivity index (χ1n) is 5.65. The van der Waals surface area contributed by atoms with Crippen molar-refractivity contribution >= 4 is 44.0 Å². The SMILES string of the molecule is Cc1c(I)cccc1NC(=O)C1CCS(=O)(=O)C1. The topological polar surface area (TPSA) is 63.2 Å². The van der Waals surface area contributed by atoms with Crippen molar-refractivity contribution in [3.8, 4) is 0 Å². The molecule has 0 aliphatic carbocycles. The van der Waals surface area contributed by atoms with Crippen LogP contribution in [0.2, 0.25) is 0 Å². The predicted octanol–water partition coefficient (Wildman–Crippen LogP) is 1.97. The second-order valence-corrected chi connectivity index (χ2v) is 7.89. The zero-order chi connectivity index (χ0) is 13.3. The lowest BCUT2D eigenvalue weighted by Crippen LogP contribution is -2.24. The number of benzene rings is 1. The molecular weight excluding hydrogens is 365 g/mol. The highest BCUT2D eigenvalue weighted by atomic mass is 127. The Kier molecular flexibility index (Phi) is 3.96. The maximum absolute atomic E-state index is 12.0. The molecule has 0 spiro atoms. The summed E-state index contributed by atoms with van der Waals surface area (Å²) in [7, 11) is -3.01. The van der Waals surface area contributed by atoms with Crippen LogP contribution >= 0.6 is 22.6 Å². The summed E-state index contributed by atoms with van der Waals surface area (Å²) in [6.07, 6.45) is 0.428. The van der Waals surface area contributed by atoms with Gasteiger partial charge in [0.1, 0.15) is 0 Å². The minimum Gasteiger partial charge on any atom is -0.326 e. The standard InChI is InChI=1S/C12H14INO3S/c1-8-10(13)3-2-4-11(8)14-12(15)9-5-6-18(16,17)7-9/h2-4,9H,5-7H2,1H3,(H,14,15). The smallest absolute Gasteiger partial charge is 0.228 e. The maximum atomic E-state index is 12.0. The summed E-state index contributed by atoms with van der Waals surface area (Å²) in [6.45, 7) is 1.93. The number of hydrogen-bond acceptors (Lipinski definition) is 3. The van der Waals surface area contributed by atoms with Crippen LogP contribution in [0.5, 0.6) is 0 Å². The summed E-state index contributed by atoms with van der Waals surface area (Å²) in [4.78, 5) is 12.0. The highest BCUT2D eigenvalue weighted by molar-refractivity contribution is 14.1. The van der Waals surface area contributed by atoms with Crippen molar-refractivity contribution in [3.05, 3.63) is 27.3 Å². The maximum Gasteiger partial charge on any atom is 0.228 e. The highest BCUT2D eigenvalue weighted by Crippen LogP contribution is 2.24. The number of anilines is 1.